The molecular formula is C13H18N2O3S. The molecule has 0 unspecified atom stereocenters. The number of anilines is 2. The molecule has 6 heteroatoms. The number of amides is 1. The van der Waals surface area contributed by atoms with Gasteiger partial charge in [-0.1, -0.05) is 6.07 Å². The van der Waals surface area contributed by atoms with Crippen molar-refractivity contribution in [1.29, 1.82) is 0 Å². The normalized spacial score (nSPS) is 15.3. The molecule has 1 fully saturated rings. The maximum Gasteiger partial charge on any atom is 0.235 e. The Morgan fingerprint density at radius 3 is 2.47 bits per heavy atom. The Kier molecular flexibility index (Phi) is 3.80. The van der Waals surface area contributed by atoms with Gasteiger partial charge < -0.3 is 5.32 Å². The smallest absolute Gasteiger partial charge is 0.235 e. The van der Waals surface area contributed by atoms with Crippen molar-refractivity contribution >= 4 is 27.3 Å². The third-order valence-corrected chi connectivity index (χ3v) is 4.72. The number of carbonyl (C=O) groups is 1. The van der Waals surface area contributed by atoms with Crippen LogP contribution in [0.4, 0.5) is 11.4 Å². The second-order valence-corrected chi connectivity index (χ2v) is 7.28. The van der Waals surface area contributed by atoms with Gasteiger partial charge in [0.2, 0.25) is 15.9 Å². The van der Waals surface area contributed by atoms with Crippen LogP contribution >= 0.6 is 0 Å². The quantitative estimate of drug-likeness (QED) is 0.869. The topological polar surface area (TPSA) is 75.3 Å². The van der Waals surface area contributed by atoms with Crippen LogP contribution in [0.1, 0.15) is 26.7 Å². The fraction of sp³-hybridized carbons (Fsp3) is 0.462. The zero-order chi connectivity index (χ0) is 14.0. The van der Waals surface area contributed by atoms with E-state index in [1.54, 1.807) is 38.1 Å². The summed E-state index contributed by atoms with van der Waals surface area (Å²) in [5, 5.41) is 2.28. The molecule has 0 atom stereocenters. The van der Waals surface area contributed by atoms with Crippen molar-refractivity contribution in [2.24, 2.45) is 5.92 Å². The highest BCUT2D eigenvalue weighted by Gasteiger charge is 2.29. The zero-order valence-electron chi connectivity index (χ0n) is 11.0. The number of nitrogens with one attached hydrogen (secondary N) is 2. The molecule has 1 amide bonds. The van der Waals surface area contributed by atoms with Gasteiger partial charge in [0.15, 0.2) is 0 Å². The average Bonchev–Trinajstić information content (AvgIpc) is 3.12. The summed E-state index contributed by atoms with van der Waals surface area (Å²) in [6.07, 6.45) is 1.87. The Hall–Kier alpha value is -1.56. The van der Waals surface area contributed by atoms with E-state index in [0.717, 1.165) is 12.8 Å². The van der Waals surface area contributed by atoms with Gasteiger partial charge in [0.25, 0.3) is 0 Å². The third-order valence-electron chi connectivity index (χ3n) is 2.96. The van der Waals surface area contributed by atoms with Gasteiger partial charge in [-0.2, -0.15) is 0 Å². The Balaban J connectivity index is 2.08. The zero-order valence-corrected chi connectivity index (χ0v) is 11.8. The highest BCUT2D eigenvalue weighted by molar-refractivity contribution is 7.93. The molecule has 2 rings (SSSR count). The van der Waals surface area contributed by atoms with Crippen LogP contribution in [0.5, 0.6) is 0 Å². The van der Waals surface area contributed by atoms with Crippen LogP contribution in [-0.2, 0) is 14.8 Å². The van der Waals surface area contributed by atoms with Crippen molar-refractivity contribution in [1.82, 2.24) is 0 Å². The Bertz CT molecular complexity index is 577. The molecule has 1 aliphatic carbocycles. The molecule has 1 aliphatic rings. The SMILES string of the molecule is CC(C)S(=O)(=O)Nc1cccc(NC(=O)C2CC2)c1. The van der Waals surface area contributed by atoms with Crippen LogP contribution < -0.4 is 10.0 Å². The van der Waals surface area contributed by atoms with Crippen molar-refractivity contribution in [3.8, 4) is 0 Å². The molecule has 0 spiro atoms. The summed E-state index contributed by atoms with van der Waals surface area (Å²) in [7, 11) is -3.36. The van der Waals surface area contributed by atoms with Gasteiger partial charge >= 0.3 is 0 Å². The minimum absolute atomic E-state index is 0.00358. The van der Waals surface area contributed by atoms with Crippen molar-refractivity contribution in [3.05, 3.63) is 24.3 Å². The molecule has 5 nitrogen and oxygen atoms in total. The summed E-state index contributed by atoms with van der Waals surface area (Å²) in [5.41, 5.74) is 1.07. The van der Waals surface area contributed by atoms with Crippen LogP contribution in [0.3, 0.4) is 0 Å². The number of carbonyl (C=O) groups excluding carboxylic acids is 1. The summed E-state index contributed by atoms with van der Waals surface area (Å²) in [4.78, 5) is 11.6. The van der Waals surface area contributed by atoms with Crippen LogP contribution in [-0.4, -0.2) is 19.6 Å². The van der Waals surface area contributed by atoms with Gasteiger partial charge in [0, 0.05) is 11.6 Å². The van der Waals surface area contributed by atoms with Gasteiger partial charge in [0.05, 0.1) is 10.9 Å². The first-order chi connectivity index (χ1) is 8.88. The van der Waals surface area contributed by atoms with Crippen LogP contribution in [0.25, 0.3) is 0 Å². The molecule has 0 aliphatic heterocycles. The lowest BCUT2D eigenvalue weighted by atomic mass is 10.2. The minimum Gasteiger partial charge on any atom is -0.326 e. The molecule has 1 aromatic carbocycles. The van der Waals surface area contributed by atoms with E-state index in [1.807, 2.05) is 0 Å². The fourth-order valence-corrected chi connectivity index (χ4v) is 2.22. The third kappa shape index (κ3) is 3.70. The molecule has 0 aromatic heterocycles. The monoisotopic (exact) mass is 282 g/mol. The lowest BCUT2D eigenvalue weighted by molar-refractivity contribution is -0.117. The molecule has 19 heavy (non-hydrogen) atoms. The number of hydrogen-bond acceptors (Lipinski definition) is 3. The summed E-state index contributed by atoms with van der Waals surface area (Å²) >= 11 is 0. The highest BCUT2D eigenvalue weighted by atomic mass is 32.2. The maximum absolute atomic E-state index is 11.8. The van der Waals surface area contributed by atoms with Gasteiger partial charge in [0.1, 0.15) is 0 Å². The number of hydrogen-bond donors (Lipinski definition) is 2. The first-order valence-electron chi connectivity index (χ1n) is 6.31. The van der Waals surface area contributed by atoms with Crippen LogP contribution in [0.15, 0.2) is 24.3 Å². The van der Waals surface area contributed by atoms with E-state index < -0.39 is 15.3 Å². The maximum atomic E-state index is 11.8. The molecule has 2 N–H and O–H groups in total. The van der Waals surface area contributed by atoms with Crippen molar-refractivity contribution in [2.75, 3.05) is 10.0 Å². The minimum atomic E-state index is -3.36. The van der Waals surface area contributed by atoms with Gasteiger partial charge in [-0.05, 0) is 44.9 Å². The van der Waals surface area contributed by atoms with E-state index in [4.69, 9.17) is 0 Å². The first-order valence-corrected chi connectivity index (χ1v) is 7.85. The van der Waals surface area contributed by atoms with E-state index in [-0.39, 0.29) is 11.8 Å². The first kappa shape index (κ1) is 13.9. The predicted molar refractivity (Wildman–Crippen MR) is 75.5 cm³/mol. The van der Waals surface area contributed by atoms with Crippen LogP contribution in [0, 0.1) is 5.92 Å². The summed E-state index contributed by atoms with van der Waals surface area (Å²) in [6.45, 7) is 3.22. The standard InChI is InChI=1S/C13H18N2O3S/c1-9(2)19(17,18)15-12-5-3-4-11(8-12)14-13(16)10-6-7-10/h3-5,8-10,15H,6-7H2,1-2H3,(H,14,16). The van der Waals surface area contributed by atoms with E-state index in [9.17, 15) is 13.2 Å². The molecule has 0 heterocycles. The molecule has 0 bridgehead atoms. The van der Waals surface area contributed by atoms with Crippen molar-refractivity contribution < 1.29 is 13.2 Å². The summed E-state index contributed by atoms with van der Waals surface area (Å²) in [6, 6.07) is 6.74. The Labute approximate surface area is 113 Å². The molecule has 104 valence electrons. The fourth-order valence-electron chi connectivity index (χ4n) is 1.53. The van der Waals surface area contributed by atoms with Crippen molar-refractivity contribution in [3.63, 3.8) is 0 Å². The van der Waals surface area contributed by atoms with Gasteiger partial charge in [-0.3, -0.25) is 9.52 Å². The molecule has 1 aromatic rings. The molecule has 0 saturated heterocycles. The molecule has 1 saturated carbocycles. The molecular weight excluding hydrogens is 264 g/mol. The number of sulfonamides is 1. The summed E-state index contributed by atoms with van der Waals surface area (Å²) in [5.74, 6) is 0.125. The number of benzene rings is 1. The lowest BCUT2D eigenvalue weighted by Crippen LogP contribution is -2.22. The predicted octanol–water partition coefficient (Wildman–Crippen LogP) is 2.19. The van der Waals surface area contributed by atoms with E-state index in [1.165, 1.54) is 0 Å². The second-order valence-electron chi connectivity index (χ2n) is 5.04. The average molecular weight is 282 g/mol. The van der Waals surface area contributed by atoms with Gasteiger partial charge in [-0.25, -0.2) is 8.42 Å². The Morgan fingerprint density at radius 1 is 1.26 bits per heavy atom. The second kappa shape index (κ2) is 5.21. The molecule has 0 radical (unpaired) electrons. The lowest BCUT2D eigenvalue weighted by Gasteiger charge is -2.12. The van der Waals surface area contributed by atoms with E-state index >= 15 is 0 Å². The van der Waals surface area contributed by atoms with Crippen molar-refractivity contribution in [2.45, 2.75) is 31.9 Å². The van der Waals surface area contributed by atoms with Crippen LogP contribution in [0.2, 0.25) is 0 Å². The summed E-state index contributed by atoms with van der Waals surface area (Å²) < 4.78 is 26.0. The highest BCUT2D eigenvalue weighted by Crippen LogP contribution is 2.30. The Morgan fingerprint density at radius 2 is 1.89 bits per heavy atom. The van der Waals surface area contributed by atoms with E-state index in [2.05, 4.69) is 10.0 Å². The van der Waals surface area contributed by atoms with Gasteiger partial charge in [-0.15, -0.1) is 0 Å². The largest absolute Gasteiger partial charge is 0.326 e. The van der Waals surface area contributed by atoms with E-state index in [0.29, 0.717) is 11.4 Å². The number of rotatable bonds is 5.